The fourth-order valence-corrected chi connectivity index (χ4v) is 7.60. The summed E-state index contributed by atoms with van der Waals surface area (Å²) in [6, 6.07) is -0.901. The van der Waals surface area contributed by atoms with E-state index >= 15 is 0 Å². The quantitative estimate of drug-likeness (QED) is 0.290. The summed E-state index contributed by atoms with van der Waals surface area (Å²) in [5.41, 5.74) is 0.583. The minimum Gasteiger partial charge on any atom is -0.477 e. The standard InChI is InChI=1S/C26H31N3O7S2/c1-5-9-26(4)20-18(14(3)31)22(32)29(20)19(23(33)34)21(26)38-24-27-17(13-37-24)15-7-8-16(12-30)28(11-15)25(35)36-10-6-2/h5-7,13-14,16,18,20,30-31H,1-2,8-12H2,3-4H3,(H,33,34)/t14-,16+,18-,20+,26-/m1/s1. The Morgan fingerprint density at radius 3 is 2.74 bits per heavy atom. The molecule has 0 unspecified atom stereocenters. The zero-order valence-electron chi connectivity index (χ0n) is 21.2. The van der Waals surface area contributed by atoms with Crippen molar-refractivity contribution in [1.29, 1.82) is 0 Å². The third kappa shape index (κ3) is 4.70. The summed E-state index contributed by atoms with van der Waals surface area (Å²) in [6.07, 6.45) is 4.48. The molecule has 0 radical (unpaired) electrons. The van der Waals surface area contributed by atoms with Gasteiger partial charge in [0.1, 0.15) is 12.3 Å². The van der Waals surface area contributed by atoms with E-state index in [0.717, 1.165) is 5.57 Å². The maximum absolute atomic E-state index is 12.9. The van der Waals surface area contributed by atoms with Gasteiger partial charge in [0.2, 0.25) is 5.91 Å². The average molecular weight is 562 g/mol. The molecule has 204 valence electrons. The molecule has 0 spiro atoms. The van der Waals surface area contributed by atoms with Gasteiger partial charge in [-0.05, 0) is 25.3 Å². The number of thiazole rings is 1. The number of thioether (sulfide) groups is 1. The highest BCUT2D eigenvalue weighted by molar-refractivity contribution is 8.04. The monoisotopic (exact) mass is 561 g/mol. The SMILES string of the molecule is C=CCOC(=O)N1CC(c2csc(SC3=C(C(=O)O)N4C(=O)[C@H]([C@@H](C)O)[C@H]4[C@@]3(C)CC=C)n2)=CC[C@H]1CO. The number of ether oxygens (including phenoxy) is 1. The van der Waals surface area contributed by atoms with Crippen LogP contribution in [0.3, 0.4) is 0 Å². The number of carboxylic acid groups (broad SMARTS) is 1. The van der Waals surface area contributed by atoms with E-state index < -0.39 is 47.5 Å². The molecule has 2 amide bonds. The Balaban J connectivity index is 1.62. The van der Waals surface area contributed by atoms with E-state index in [1.807, 2.05) is 18.4 Å². The average Bonchev–Trinajstić information content (AvgIpc) is 3.42. The van der Waals surface area contributed by atoms with Crippen molar-refractivity contribution >= 4 is 46.6 Å². The molecule has 4 heterocycles. The highest BCUT2D eigenvalue weighted by Gasteiger charge is 2.65. The number of carbonyl (C=O) groups excluding carboxylic acids is 2. The number of amides is 2. The second-order valence-corrected chi connectivity index (χ2v) is 11.8. The van der Waals surface area contributed by atoms with Crippen LogP contribution in [0.15, 0.2) is 51.7 Å². The van der Waals surface area contributed by atoms with Gasteiger partial charge in [0, 0.05) is 15.7 Å². The molecule has 0 aliphatic carbocycles. The van der Waals surface area contributed by atoms with Crippen LogP contribution in [0.4, 0.5) is 4.79 Å². The van der Waals surface area contributed by atoms with E-state index in [1.54, 1.807) is 13.0 Å². The van der Waals surface area contributed by atoms with Crippen molar-refractivity contribution in [3.05, 3.63) is 53.1 Å². The normalized spacial score (nSPS) is 27.4. The van der Waals surface area contributed by atoms with Gasteiger partial charge in [-0.25, -0.2) is 14.6 Å². The molecule has 4 rings (SSSR count). The van der Waals surface area contributed by atoms with E-state index in [4.69, 9.17) is 9.72 Å². The van der Waals surface area contributed by atoms with Crippen molar-refractivity contribution in [1.82, 2.24) is 14.8 Å². The van der Waals surface area contributed by atoms with Crippen LogP contribution in [0.5, 0.6) is 0 Å². The summed E-state index contributed by atoms with van der Waals surface area (Å²) in [5.74, 6) is -2.31. The van der Waals surface area contributed by atoms with Crippen molar-refractivity contribution in [2.24, 2.45) is 11.3 Å². The Hall–Kier alpha value is -2.93. The highest BCUT2D eigenvalue weighted by Crippen LogP contribution is 2.60. The van der Waals surface area contributed by atoms with E-state index in [-0.39, 0.29) is 25.5 Å². The summed E-state index contributed by atoms with van der Waals surface area (Å²) in [6.45, 7) is 10.9. The predicted molar refractivity (Wildman–Crippen MR) is 143 cm³/mol. The lowest BCUT2D eigenvalue weighted by molar-refractivity contribution is -0.166. The molecule has 3 aliphatic rings. The molecule has 1 aromatic heterocycles. The van der Waals surface area contributed by atoms with Crippen LogP contribution in [0.25, 0.3) is 5.57 Å². The molecule has 10 nitrogen and oxygen atoms in total. The molecule has 0 bridgehead atoms. The number of carbonyl (C=O) groups is 3. The van der Waals surface area contributed by atoms with Gasteiger partial charge in [0.25, 0.3) is 0 Å². The number of hydrogen-bond donors (Lipinski definition) is 3. The number of fused-ring (bicyclic) bond motifs is 1. The number of nitrogens with zero attached hydrogens (tertiary/aromatic N) is 3. The third-order valence-electron chi connectivity index (χ3n) is 7.25. The Morgan fingerprint density at radius 1 is 1.39 bits per heavy atom. The Morgan fingerprint density at radius 2 is 2.13 bits per heavy atom. The fourth-order valence-electron chi connectivity index (χ4n) is 5.41. The lowest BCUT2D eigenvalue weighted by Gasteiger charge is -2.50. The van der Waals surface area contributed by atoms with Crippen LogP contribution >= 0.6 is 23.1 Å². The van der Waals surface area contributed by atoms with Gasteiger partial charge in [-0.2, -0.15) is 0 Å². The second kappa shape index (κ2) is 11.0. The van der Waals surface area contributed by atoms with Crippen LogP contribution < -0.4 is 0 Å². The molecule has 3 N–H and O–H groups in total. The second-order valence-electron chi connectivity index (χ2n) is 9.71. The van der Waals surface area contributed by atoms with Crippen molar-refractivity contribution in [2.75, 3.05) is 19.8 Å². The molecule has 38 heavy (non-hydrogen) atoms. The largest absolute Gasteiger partial charge is 0.477 e. The first-order chi connectivity index (χ1) is 18.1. The fraction of sp³-hybridized carbons (Fsp3) is 0.462. The van der Waals surface area contributed by atoms with Gasteiger partial charge in [0.15, 0.2) is 4.34 Å². The summed E-state index contributed by atoms with van der Waals surface area (Å²) >= 11 is 2.54. The topological polar surface area (TPSA) is 140 Å². The number of allylic oxidation sites excluding steroid dienone is 1. The van der Waals surface area contributed by atoms with Crippen LogP contribution in [-0.4, -0.2) is 86.0 Å². The molecular weight excluding hydrogens is 530 g/mol. The number of β-lactam (4-membered cyclic amide) rings is 1. The summed E-state index contributed by atoms with van der Waals surface area (Å²) in [7, 11) is 0. The Kier molecular flexibility index (Phi) is 8.17. The van der Waals surface area contributed by atoms with E-state index in [2.05, 4.69) is 13.2 Å². The molecule has 1 saturated heterocycles. The van der Waals surface area contributed by atoms with Gasteiger partial charge in [-0.15, -0.1) is 17.9 Å². The third-order valence-corrected chi connectivity index (χ3v) is 9.55. The van der Waals surface area contributed by atoms with E-state index in [0.29, 0.717) is 27.8 Å². The molecule has 12 heteroatoms. The van der Waals surface area contributed by atoms with Gasteiger partial charge in [-0.1, -0.05) is 43.5 Å². The maximum Gasteiger partial charge on any atom is 0.410 e. The number of aliphatic carboxylic acids is 1. The van der Waals surface area contributed by atoms with E-state index in [1.165, 1.54) is 39.0 Å². The molecule has 0 saturated carbocycles. The first kappa shape index (κ1) is 28.1. The lowest BCUT2D eigenvalue weighted by Crippen LogP contribution is -2.66. The Labute approximate surface area is 229 Å². The molecule has 3 aliphatic heterocycles. The number of rotatable bonds is 10. The summed E-state index contributed by atoms with van der Waals surface area (Å²) in [4.78, 5) is 45.7. The van der Waals surface area contributed by atoms with Gasteiger partial charge in [-0.3, -0.25) is 9.69 Å². The minimum atomic E-state index is -1.21. The first-order valence-electron chi connectivity index (χ1n) is 12.2. The number of aliphatic hydroxyl groups excluding tert-OH is 2. The van der Waals surface area contributed by atoms with Crippen LogP contribution in [0.2, 0.25) is 0 Å². The summed E-state index contributed by atoms with van der Waals surface area (Å²) < 4.78 is 5.75. The molecule has 1 fully saturated rings. The van der Waals surface area contributed by atoms with Crippen molar-refractivity contribution < 1.29 is 34.4 Å². The first-order valence-corrected chi connectivity index (χ1v) is 13.9. The maximum atomic E-state index is 12.9. The zero-order chi connectivity index (χ0) is 27.8. The van der Waals surface area contributed by atoms with Crippen molar-refractivity contribution in [3.63, 3.8) is 0 Å². The van der Waals surface area contributed by atoms with Crippen LogP contribution in [-0.2, 0) is 14.3 Å². The zero-order valence-corrected chi connectivity index (χ0v) is 22.8. The molecular formula is C26H31N3O7S2. The van der Waals surface area contributed by atoms with Crippen molar-refractivity contribution in [3.8, 4) is 0 Å². The number of carboxylic acids is 1. The van der Waals surface area contributed by atoms with Gasteiger partial charge < -0.3 is 25.0 Å². The van der Waals surface area contributed by atoms with Gasteiger partial charge in [0.05, 0.1) is 43.0 Å². The molecule has 0 aromatic carbocycles. The molecule has 1 aromatic rings. The van der Waals surface area contributed by atoms with E-state index in [9.17, 15) is 29.7 Å². The van der Waals surface area contributed by atoms with Gasteiger partial charge >= 0.3 is 12.1 Å². The minimum absolute atomic E-state index is 0.0605. The van der Waals surface area contributed by atoms with Crippen LogP contribution in [0, 0.1) is 11.3 Å². The smallest absolute Gasteiger partial charge is 0.410 e. The van der Waals surface area contributed by atoms with Crippen LogP contribution in [0.1, 0.15) is 32.4 Å². The lowest BCUT2D eigenvalue weighted by atomic mass is 9.68. The number of aliphatic hydroxyl groups is 2. The predicted octanol–water partition coefficient (Wildman–Crippen LogP) is 3.11. The highest BCUT2D eigenvalue weighted by atomic mass is 32.2. The molecule has 5 atom stereocenters. The van der Waals surface area contributed by atoms with Crippen molar-refractivity contribution in [2.45, 2.75) is 49.2 Å². The Bertz CT molecular complexity index is 1220. The summed E-state index contributed by atoms with van der Waals surface area (Å²) in [5, 5.41) is 31.9. The number of hydrogen-bond acceptors (Lipinski definition) is 9. The number of aromatic nitrogens is 1.